The number of aryl methyl sites for hydroxylation is 2. The molecule has 0 aliphatic carbocycles. The van der Waals surface area contributed by atoms with Crippen LogP contribution in [-0.4, -0.2) is 22.0 Å². The molecule has 0 fully saturated rings. The van der Waals surface area contributed by atoms with E-state index in [9.17, 15) is 9.59 Å². The Hall–Kier alpha value is -3.48. The van der Waals surface area contributed by atoms with Crippen LogP contribution in [0.5, 0.6) is 0 Å². The molecule has 0 aliphatic heterocycles. The number of carbonyl (C=O) groups is 2. The average Bonchev–Trinajstić information content (AvgIpc) is 3.04. The number of nitrogens with one attached hydrogen (secondary N) is 2. The van der Waals surface area contributed by atoms with Gasteiger partial charge in [0.2, 0.25) is 0 Å². The van der Waals surface area contributed by atoms with Crippen molar-refractivity contribution in [2.24, 2.45) is 0 Å². The Bertz CT molecular complexity index is 949. The van der Waals surface area contributed by atoms with Crippen molar-refractivity contribution >= 4 is 17.6 Å². The molecule has 3 aromatic rings. The molecule has 2 aromatic heterocycles. The number of hydrogen-bond acceptors (Lipinski definition) is 5. The smallest absolute Gasteiger partial charge is 0.275 e. The molecule has 2 amide bonds. The number of nitrogens with zero attached hydrogens (tertiary/aromatic N) is 2. The zero-order valence-corrected chi connectivity index (χ0v) is 14.4. The Labute approximate surface area is 150 Å². The van der Waals surface area contributed by atoms with Crippen molar-refractivity contribution in [1.82, 2.24) is 15.5 Å². The van der Waals surface area contributed by atoms with Gasteiger partial charge in [-0.3, -0.25) is 9.59 Å². The lowest BCUT2D eigenvalue weighted by molar-refractivity contribution is 0.0945. The minimum Gasteiger partial charge on any atom is -0.360 e. The molecule has 0 radical (unpaired) electrons. The summed E-state index contributed by atoms with van der Waals surface area (Å²) in [5.41, 5.74) is 2.40. The molecule has 0 atom stereocenters. The van der Waals surface area contributed by atoms with Crippen LogP contribution >= 0.6 is 0 Å². The lowest BCUT2D eigenvalue weighted by Gasteiger charge is -2.07. The van der Waals surface area contributed by atoms with Gasteiger partial charge in [0.1, 0.15) is 17.1 Å². The van der Waals surface area contributed by atoms with Crippen LogP contribution in [0.4, 0.5) is 5.82 Å². The van der Waals surface area contributed by atoms with Crippen LogP contribution < -0.4 is 10.6 Å². The maximum Gasteiger partial charge on any atom is 0.275 e. The summed E-state index contributed by atoms with van der Waals surface area (Å²) in [6.45, 7) is 4.10. The Morgan fingerprint density at radius 1 is 1.00 bits per heavy atom. The fourth-order valence-corrected chi connectivity index (χ4v) is 2.39. The quantitative estimate of drug-likeness (QED) is 0.737. The van der Waals surface area contributed by atoms with E-state index in [2.05, 4.69) is 20.8 Å². The largest absolute Gasteiger partial charge is 0.360 e. The maximum atomic E-state index is 12.3. The summed E-state index contributed by atoms with van der Waals surface area (Å²) in [6, 6.07) is 14.1. The number of aromatic nitrogens is 2. The van der Waals surface area contributed by atoms with Crippen molar-refractivity contribution in [2.45, 2.75) is 20.4 Å². The van der Waals surface area contributed by atoms with E-state index in [-0.39, 0.29) is 17.3 Å². The van der Waals surface area contributed by atoms with Crippen molar-refractivity contribution in [3.05, 3.63) is 76.8 Å². The molecule has 26 heavy (non-hydrogen) atoms. The number of amides is 2. The predicted octanol–water partition coefficient (Wildman–Crippen LogP) is 2.87. The molecule has 2 heterocycles. The van der Waals surface area contributed by atoms with Crippen LogP contribution in [0.25, 0.3) is 0 Å². The van der Waals surface area contributed by atoms with Gasteiger partial charge in [-0.15, -0.1) is 0 Å². The van der Waals surface area contributed by atoms with E-state index < -0.39 is 5.91 Å². The first-order chi connectivity index (χ1) is 12.5. The number of anilines is 1. The Morgan fingerprint density at radius 2 is 1.73 bits per heavy atom. The molecular formula is C19H18N4O3. The van der Waals surface area contributed by atoms with Gasteiger partial charge < -0.3 is 15.2 Å². The van der Waals surface area contributed by atoms with E-state index in [0.29, 0.717) is 18.1 Å². The summed E-state index contributed by atoms with van der Waals surface area (Å²) in [6.07, 6.45) is 0. The molecule has 0 saturated carbocycles. The first-order valence-corrected chi connectivity index (χ1v) is 8.07. The van der Waals surface area contributed by atoms with E-state index in [1.165, 1.54) is 6.07 Å². The van der Waals surface area contributed by atoms with Gasteiger partial charge >= 0.3 is 0 Å². The lowest BCUT2D eigenvalue weighted by Crippen LogP contribution is -2.25. The van der Waals surface area contributed by atoms with Crippen molar-refractivity contribution in [2.75, 3.05) is 5.32 Å². The molecule has 132 valence electrons. The van der Waals surface area contributed by atoms with Gasteiger partial charge in [0.25, 0.3) is 11.8 Å². The molecule has 7 heteroatoms. The summed E-state index contributed by atoms with van der Waals surface area (Å²) >= 11 is 0. The number of carbonyl (C=O) groups excluding carboxylic acids is 2. The number of rotatable bonds is 5. The molecule has 2 N–H and O–H groups in total. The second-order valence-electron chi connectivity index (χ2n) is 5.86. The zero-order chi connectivity index (χ0) is 18.5. The Kier molecular flexibility index (Phi) is 5.07. The first kappa shape index (κ1) is 17.3. The molecule has 3 rings (SSSR count). The van der Waals surface area contributed by atoms with Crippen molar-refractivity contribution < 1.29 is 14.1 Å². The van der Waals surface area contributed by atoms with Crippen LogP contribution in [0.3, 0.4) is 0 Å². The van der Waals surface area contributed by atoms with Gasteiger partial charge in [-0.2, -0.15) is 0 Å². The summed E-state index contributed by atoms with van der Waals surface area (Å²) in [4.78, 5) is 28.7. The van der Waals surface area contributed by atoms with Gasteiger partial charge in [0, 0.05) is 12.6 Å². The SMILES string of the molecule is Cc1cccc(CNC(=O)c2cccc(C(=O)Nc3cc(C)on3)n2)c1. The third-order valence-corrected chi connectivity index (χ3v) is 3.62. The van der Waals surface area contributed by atoms with E-state index in [1.54, 1.807) is 25.1 Å². The predicted molar refractivity (Wildman–Crippen MR) is 95.8 cm³/mol. The highest BCUT2D eigenvalue weighted by Gasteiger charge is 2.14. The highest BCUT2D eigenvalue weighted by molar-refractivity contribution is 6.03. The highest BCUT2D eigenvalue weighted by atomic mass is 16.5. The van der Waals surface area contributed by atoms with Crippen molar-refractivity contribution in [3.63, 3.8) is 0 Å². The van der Waals surface area contributed by atoms with E-state index >= 15 is 0 Å². The van der Waals surface area contributed by atoms with Gasteiger partial charge in [-0.1, -0.05) is 41.1 Å². The molecule has 0 spiro atoms. The minimum atomic E-state index is -0.466. The first-order valence-electron chi connectivity index (χ1n) is 8.07. The summed E-state index contributed by atoms with van der Waals surface area (Å²) < 4.78 is 4.90. The number of hydrogen-bond donors (Lipinski definition) is 2. The monoisotopic (exact) mass is 350 g/mol. The van der Waals surface area contributed by atoms with Crippen LogP contribution in [0, 0.1) is 13.8 Å². The van der Waals surface area contributed by atoms with Gasteiger partial charge in [0.05, 0.1) is 0 Å². The summed E-state index contributed by atoms with van der Waals surface area (Å²) in [5.74, 6) is 0.0613. The third-order valence-electron chi connectivity index (χ3n) is 3.62. The van der Waals surface area contributed by atoms with Crippen molar-refractivity contribution in [1.29, 1.82) is 0 Å². The molecule has 7 nitrogen and oxygen atoms in total. The van der Waals surface area contributed by atoms with Crippen LogP contribution in [0.1, 0.15) is 37.9 Å². The Morgan fingerprint density at radius 3 is 2.42 bits per heavy atom. The normalized spacial score (nSPS) is 10.4. The average molecular weight is 350 g/mol. The fraction of sp³-hybridized carbons (Fsp3) is 0.158. The van der Waals surface area contributed by atoms with Crippen molar-refractivity contribution in [3.8, 4) is 0 Å². The zero-order valence-electron chi connectivity index (χ0n) is 14.4. The van der Waals surface area contributed by atoms with Gasteiger partial charge in [-0.05, 0) is 31.5 Å². The molecule has 0 aliphatic rings. The summed E-state index contributed by atoms with van der Waals surface area (Å²) in [7, 11) is 0. The van der Waals surface area contributed by atoms with Crippen LogP contribution in [0.15, 0.2) is 53.1 Å². The van der Waals surface area contributed by atoms with Crippen LogP contribution in [0.2, 0.25) is 0 Å². The molecule has 0 unspecified atom stereocenters. The minimum absolute atomic E-state index is 0.119. The number of pyridine rings is 1. The third kappa shape index (κ3) is 4.32. The second kappa shape index (κ2) is 7.60. The molecule has 0 saturated heterocycles. The molecule has 1 aromatic carbocycles. The van der Waals surface area contributed by atoms with Crippen LogP contribution in [-0.2, 0) is 6.54 Å². The molecular weight excluding hydrogens is 332 g/mol. The van der Waals surface area contributed by atoms with E-state index in [1.807, 2.05) is 31.2 Å². The molecule has 0 bridgehead atoms. The second-order valence-corrected chi connectivity index (χ2v) is 5.86. The summed E-state index contributed by atoms with van der Waals surface area (Å²) in [5, 5.41) is 9.07. The van der Waals surface area contributed by atoms with Gasteiger partial charge in [-0.25, -0.2) is 4.98 Å². The highest BCUT2D eigenvalue weighted by Crippen LogP contribution is 2.09. The number of benzene rings is 1. The topological polar surface area (TPSA) is 97.1 Å². The van der Waals surface area contributed by atoms with E-state index in [4.69, 9.17) is 4.52 Å². The maximum absolute atomic E-state index is 12.3. The van der Waals surface area contributed by atoms with Gasteiger partial charge in [0.15, 0.2) is 5.82 Å². The fourth-order valence-electron chi connectivity index (χ4n) is 2.39. The Balaban J connectivity index is 1.66. The lowest BCUT2D eigenvalue weighted by atomic mass is 10.1. The standard InChI is InChI=1S/C19H18N4O3/c1-12-5-3-6-14(9-12)11-20-18(24)15-7-4-8-16(21-15)19(25)22-17-10-13(2)26-23-17/h3-10H,11H2,1-2H3,(H,20,24)(H,22,23,25). The van der Waals surface area contributed by atoms with E-state index in [0.717, 1.165) is 11.1 Å².